The number of nitrogens with two attached hydrogens (primary N) is 1. The first-order valence-corrected chi connectivity index (χ1v) is 9.39. The van der Waals surface area contributed by atoms with Gasteiger partial charge in [0.15, 0.2) is 0 Å². The summed E-state index contributed by atoms with van der Waals surface area (Å²) in [6, 6.07) is 8.41. The minimum atomic E-state index is -2.85. The van der Waals surface area contributed by atoms with Crippen LogP contribution in [0, 0.1) is 6.92 Å². The van der Waals surface area contributed by atoms with Gasteiger partial charge in [0.2, 0.25) is 0 Å². The molecule has 1 unspecified atom stereocenters. The number of sulfone groups is 1. The van der Waals surface area contributed by atoms with E-state index in [1.807, 2.05) is 0 Å². The number of rotatable bonds is 8. The molecule has 3 nitrogen and oxygen atoms in total. The molecule has 1 atom stereocenters. The number of hydrogen-bond acceptors (Lipinski definition) is 4. The van der Waals surface area contributed by atoms with Crippen molar-refractivity contribution in [1.29, 1.82) is 0 Å². The topological polar surface area (TPSA) is 60.2 Å². The van der Waals surface area contributed by atoms with Crippen molar-refractivity contribution in [1.82, 2.24) is 0 Å². The highest BCUT2D eigenvalue weighted by Gasteiger charge is 2.09. The average molecular weight is 301 g/mol. The van der Waals surface area contributed by atoms with Gasteiger partial charge < -0.3 is 5.73 Å². The molecular formula is C14H23NO2S2. The third-order valence-corrected chi connectivity index (χ3v) is 5.95. The van der Waals surface area contributed by atoms with E-state index in [2.05, 4.69) is 31.2 Å². The minimum absolute atomic E-state index is 0.0540. The van der Waals surface area contributed by atoms with E-state index in [1.165, 1.54) is 10.5 Å². The van der Waals surface area contributed by atoms with Crippen LogP contribution in [0.2, 0.25) is 0 Å². The smallest absolute Gasteiger partial charge is 0.150 e. The lowest BCUT2D eigenvalue weighted by molar-refractivity contribution is 0.587. The summed E-state index contributed by atoms with van der Waals surface area (Å²) in [5.74, 6) is 1.31. The van der Waals surface area contributed by atoms with Crippen LogP contribution in [0.5, 0.6) is 0 Å². The van der Waals surface area contributed by atoms with Gasteiger partial charge in [0.05, 0.1) is 5.75 Å². The van der Waals surface area contributed by atoms with Gasteiger partial charge in [-0.1, -0.05) is 24.6 Å². The maximum Gasteiger partial charge on any atom is 0.150 e. The van der Waals surface area contributed by atoms with Crippen molar-refractivity contribution in [2.75, 3.05) is 17.3 Å². The van der Waals surface area contributed by atoms with E-state index >= 15 is 0 Å². The molecule has 1 aromatic carbocycles. The van der Waals surface area contributed by atoms with E-state index < -0.39 is 9.84 Å². The molecule has 19 heavy (non-hydrogen) atoms. The quantitative estimate of drug-likeness (QED) is 0.750. The Bertz CT molecular complexity index is 469. The molecule has 0 amide bonds. The molecule has 0 spiro atoms. The maximum absolute atomic E-state index is 11.3. The second-order valence-electron chi connectivity index (χ2n) is 4.76. The summed E-state index contributed by atoms with van der Waals surface area (Å²) in [5, 5.41) is 0. The van der Waals surface area contributed by atoms with Crippen LogP contribution in [-0.2, 0) is 9.84 Å². The molecule has 2 N–H and O–H groups in total. The van der Waals surface area contributed by atoms with Gasteiger partial charge >= 0.3 is 0 Å². The highest BCUT2D eigenvalue weighted by molar-refractivity contribution is 7.99. The Morgan fingerprint density at radius 2 is 1.89 bits per heavy atom. The SMILES string of the molecule is CCS(=O)(=O)CCCC(N)CSc1ccc(C)cc1. The van der Waals surface area contributed by atoms with Crippen molar-refractivity contribution in [3.8, 4) is 0 Å². The van der Waals surface area contributed by atoms with Gasteiger partial charge in [0, 0.05) is 22.4 Å². The minimum Gasteiger partial charge on any atom is -0.327 e. The van der Waals surface area contributed by atoms with E-state index in [-0.39, 0.29) is 17.5 Å². The maximum atomic E-state index is 11.3. The summed E-state index contributed by atoms with van der Waals surface area (Å²) in [7, 11) is -2.85. The average Bonchev–Trinajstić information content (AvgIpc) is 2.38. The second-order valence-corrected chi connectivity index (χ2v) is 8.33. The number of hydrogen-bond donors (Lipinski definition) is 1. The Hall–Kier alpha value is -0.520. The summed E-state index contributed by atoms with van der Waals surface area (Å²) in [5.41, 5.74) is 7.26. The third-order valence-electron chi connectivity index (χ3n) is 2.96. The van der Waals surface area contributed by atoms with E-state index in [9.17, 15) is 8.42 Å². The van der Waals surface area contributed by atoms with Crippen molar-refractivity contribution in [2.24, 2.45) is 5.73 Å². The van der Waals surface area contributed by atoms with Gasteiger partial charge in [0.1, 0.15) is 9.84 Å². The van der Waals surface area contributed by atoms with Crippen LogP contribution in [0.25, 0.3) is 0 Å². The van der Waals surface area contributed by atoms with Crippen LogP contribution < -0.4 is 5.73 Å². The van der Waals surface area contributed by atoms with E-state index in [1.54, 1.807) is 18.7 Å². The first-order valence-electron chi connectivity index (χ1n) is 6.58. The van der Waals surface area contributed by atoms with E-state index in [0.717, 1.165) is 12.2 Å². The summed E-state index contributed by atoms with van der Waals surface area (Å²) < 4.78 is 22.7. The van der Waals surface area contributed by atoms with Gasteiger partial charge in [-0.05, 0) is 31.9 Å². The number of thioether (sulfide) groups is 1. The highest BCUT2D eigenvalue weighted by atomic mass is 32.2. The molecule has 0 saturated carbocycles. The Balaban J connectivity index is 2.24. The summed E-state index contributed by atoms with van der Waals surface area (Å²) in [6.07, 6.45) is 1.42. The Morgan fingerprint density at radius 3 is 2.47 bits per heavy atom. The fourth-order valence-electron chi connectivity index (χ4n) is 1.63. The molecule has 0 aliphatic rings. The Morgan fingerprint density at radius 1 is 1.26 bits per heavy atom. The lowest BCUT2D eigenvalue weighted by atomic mass is 10.2. The van der Waals surface area contributed by atoms with Crippen LogP contribution in [-0.4, -0.2) is 31.7 Å². The van der Waals surface area contributed by atoms with Crippen LogP contribution >= 0.6 is 11.8 Å². The largest absolute Gasteiger partial charge is 0.327 e. The van der Waals surface area contributed by atoms with Crippen LogP contribution in [0.3, 0.4) is 0 Å². The monoisotopic (exact) mass is 301 g/mol. The fourth-order valence-corrected chi connectivity index (χ4v) is 3.43. The number of benzene rings is 1. The molecule has 0 heterocycles. The molecule has 0 aliphatic heterocycles. The first-order chi connectivity index (χ1) is 8.93. The molecule has 0 fully saturated rings. The standard InChI is InChI=1S/C14H23NO2S2/c1-3-19(16,17)10-4-5-13(15)11-18-14-8-6-12(2)7-9-14/h6-9,13H,3-5,10-11,15H2,1-2H3. The van der Waals surface area contributed by atoms with Crippen LogP contribution in [0.15, 0.2) is 29.2 Å². The Kier molecular flexibility index (Phi) is 6.89. The van der Waals surface area contributed by atoms with Gasteiger partial charge in [0.25, 0.3) is 0 Å². The van der Waals surface area contributed by atoms with E-state index in [4.69, 9.17) is 5.73 Å². The molecule has 0 saturated heterocycles. The summed E-state index contributed by atoms with van der Waals surface area (Å²) in [6.45, 7) is 3.75. The lowest BCUT2D eigenvalue weighted by Crippen LogP contribution is -2.24. The zero-order valence-electron chi connectivity index (χ0n) is 11.6. The molecule has 1 aromatic rings. The highest BCUT2D eigenvalue weighted by Crippen LogP contribution is 2.19. The Labute approximate surface area is 120 Å². The van der Waals surface area contributed by atoms with Crippen molar-refractivity contribution in [3.05, 3.63) is 29.8 Å². The predicted molar refractivity (Wildman–Crippen MR) is 83.4 cm³/mol. The molecule has 0 radical (unpaired) electrons. The molecule has 108 valence electrons. The number of aryl methyl sites for hydroxylation is 1. The van der Waals surface area contributed by atoms with Crippen LogP contribution in [0.1, 0.15) is 25.3 Å². The van der Waals surface area contributed by atoms with Crippen molar-refractivity contribution >= 4 is 21.6 Å². The van der Waals surface area contributed by atoms with Crippen molar-refractivity contribution in [3.63, 3.8) is 0 Å². The molecule has 0 aromatic heterocycles. The van der Waals surface area contributed by atoms with Crippen molar-refractivity contribution < 1.29 is 8.42 Å². The molecule has 5 heteroatoms. The van der Waals surface area contributed by atoms with Gasteiger partial charge in [-0.15, -0.1) is 11.8 Å². The van der Waals surface area contributed by atoms with Crippen LogP contribution in [0.4, 0.5) is 0 Å². The second kappa shape index (κ2) is 7.92. The summed E-state index contributed by atoms with van der Waals surface area (Å²) in [4.78, 5) is 1.21. The molecule has 0 bridgehead atoms. The van der Waals surface area contributed by atoms with Gasteiger partial charge in [-0.2, -0.15) is 0 Å². The predicted octanol–water partition coefficient (Wildman–Crippen LogP) is 2.63. The van der Waals surface area contributed by atoms with E-state index in [0.29, 0.717) is 6.42 Å². The van der Waals surface area contributed by atoms with Gasteiger partial charge in [-0.3, -0.25) is 0 Å². The summed E-state index contributed by atoms with van der Waals surface area (Å²) >= 11 is 1.73. The zero-order chi connectivity index (χ0) is 14.3. The van der Waals surface area contributed by atoms with Crippen molar-refractivity contribution in [2.45, 2.75) is 37.6 Å². The van der Waals surface area contributed by atoms with Gasteiger partial charge in [-0.25, -0.2) is 8.42 Å². The molecule has 1 rings (SSSR count). The molecule has 0 aliphatic carbocycles. The molecular weight excluding hydrogens is 278 g/mol. The zero-order valence-corrected chi connectivity index (χ0v) is 13.3. The fraction of sp³-hybridized carbons (Fsp3) is 0.571. The normalized spacial score (nSPS) is 13.4. The third kappa shape index (κ3) is 6.99. The first kappa shape index (κ1) is 16.5. The lowest BCUT2D eigenvalue weighted by Gasteiger charge is -2.11.